The molecule has 114 valence electrons. The number of piperidine rings is 1. The van der Waals surface area contributed by atoms with Gasteiger partial charge in [0.2, 0.25) is 11.8 Å². The van der Waals surface area contributed by atoms with Gasteiger partial charge in [-0.25, -0.2) is 0 Å². The van der Waals surface area contributed by atoms with Crippen molar-refractivity contribution in [3.63, 3.8) is 0 Å². The molecule has 2 amide bonds. The fourth-order valence-corrected chi connectivity index (χ4v) is 2.29. The van der Waals surface area contributed by atoms with Crippen LogP contribution in [-0.4, -0.2) is 24.0 Å². The van der Waals surface area contributed by atoms with E-state index >= 15 is 0 Å². The van der Waals surface area contributed by atoms with Crippen LogP contribution in [0.15, 0.2) is 30.3 Å². The van der Waals surface area contributed by atoms with Crippen LogP contribution in [0.3, 0.4) is 0 Å². The molecule has 0 bridgehead atoms. The molecule has 2 atom stereocenters. The molecule has 2 rings (SSSR count). The number of halogens is 3. The van der Waals surface area contributed by atoms with Gasteiger partial charge in [0, 0.05) is 12.5 Å². The molecule has 1 aliphatic heterocycles. The molecular weight excluding hydrogens is 285 g/mol. The third-order valence-electron chi connectivity index (χ3n) is 3.28. The third-order valence-corrected chi connectivity index (χ3v) is 3.28. The predicted octanol–water partition coefficient (Wildman–Crippen LogP) is 2.07. The summed E-state index contributed by atoms with van der Waals surface area (Å²) >= 11 is 0. The molecule has 0 aliphatic carbocycles. The number of carbonyl (C=O) groups is 2. The molecule has 7 heteroatoms. The van der Waals surface area contributed by atoms with Gasteiger partial charge in [-0.3, -0.25) is 20.2 Å². The van der Waals surface area contributed by atoms with E-state index in [0.29, 0.717) is 5.56 Å². The lowest BCUT2D eigenvalue weighted by Crippen LogP contribution is -2.51. The summed E-state index contributed by atoms with van der Waals surface area (Å²) in [4.78, 5) is 22.7. The number of benzene rings is 1. The first-order valence-corrected chi connectivity index (χ1v) is 6.56. The minimum atomic E-state index is -4.35. The predicted molar refractivity (Wildman–Crippen MR) is 69.2 cm³/mol. The van der Waals surface area contributed by atoms with Crippen molar-refractivity contribution in [3.8, 4) is 0 Å². The zero-order valence-corrected chi connectivity index (χ0v) is 11.1. The Morgan fingerprint density at radius 1 is 1.24 bits per heavy atom. The number of hydrogen-bond donors (Lipinski definition) is 2. The van der Waals surface area contributed by atoms with Crippen LogP contribution in [-0.2, 0) is 9.59 Å². The maximum Gasteiger partial charge on any atom is 0.390 e. The van der Waals surface area contributed by atoms with Crippen molar-refractivity contribution in [2.24, 2.45) is 0 Å². The highest BCUT2D eigenvalue weighted by atomic mass is 19.4. The maximum absolute atomic E-state index is 12.7. The Balaban J connectivity index is 2.13. The fourth-order valence-electron chi connectivity index (χ4n) is 2.29. The molecule has 2 unspecified atom stereocenters. The number of alkyl halides is 3. The quantitative estimate of drug-likeness (QED) is 0.837. The van der Waals surface area contributed by atoms with E-state index in [2.05, 4.69) is 10.6 Å². The molecule has 1 aliphatic rings. The van der Waals surface area contributed by atoms with Crippen molar-refractivity contribution in [1.29, 1.82) is 0 Å². The first-order chi connectivity index (χ1) is 9.85. The lowest BCUT2D eigenvalue weighted by molar-refractivity contribution is -0.144. The highest BCUT2D eigenvalue weighted by Gasteiger charge is 2.36. The highest BCUT2D eigenvalue weighted by molar-refractivity contribution is 6.00. The summed E-state index contributed by atoms with van der Waals surface area (Å²) < 4.78 is 38.1. The Kier molecular flexibility index (Phi) is 4.62. The van der Waals surface area contributed by atoms with E-state index in [9.17, 15) is 22.8 Å². The van der Waals surface area contributed by atoms with E-state index in [1.165, 1.54) is 0 Å². The lowest BCUT2D eigenvalue weighted by Gasteiger charge is -2.28. The molecule has 1 saturated heterocycles. The Morgan fingerprint density at radius 3 is 2.48 bits per heavy atom. The van der Waals surface area contributed by atoms with E-state index in [1.807, 2.05) is 0 Å². The highest BCUT2D eigenvalue weighted by Crippen LogP contribution is 2.30. The lowest BCUT2D eigenvalue weighted by atomic mass is 9.99. The van der Waals surface area contributed by atoms with Gasteiger partial charge in [-0.1, -0.05) is 30.3 Å². The van der Waals surface area contributed by atoms with Crippen molar-refractivity contribution in [2.75, 3.05) is 0 Å². The summed E-state index contributed by atoms with van der Waals surface area (Å²) in [7, 11) is 0. The molecule has 0 radical (unpaired) electrons. The smallest absolute Gasteiger partial charge is 0.299 e. The number of nitrogens with one attached hydrogen (secondary N) is 2. The van der Waals surface area contributed by atoms with Crippen LogP contribution in [0.2, 0.25) is 0 Å². The van der Waals surface area contributed by atoms with Crippen LogP contribution < -0.4 is 10.6 Å². The molecule has 0 aromatic heterocycles. The van der Waals surface area contributed by atoms with Crippen molar-refractivity contribution < 1.29 is 22.8 Å². The van der Waals surface area contributed by atoms with Gasteiger partial charge in [-0.2, -0.15) is 13.2 Å². The summed E-state index contributed by atoms with van der Waals surface area (Å²) in [6, 6.07) is 6.34. The van der Waals surface area contributed by atoms with Gasteiger partial charge in [-0.15, -0.1) is 0 Å². The molecule has 1 fully saturated rings. The topological polar surface area (TPSA) is 58.2 Å². The van der Waals surface area contributed by atoms with Crippen LogP contribution in [0.4, 0.5) is 13.2 Å². The number of carbonyl (C=O) groups excluding carboxylic acids is 2. The van der Waals surface area contributed by atoms with Crippen molar-refractivity contribution in [3.05, 3.63) is 35.9 Å². The average Bonchev–Trinajstić information content (AvgIpc) is 2.40. The van der Waals surface area contributed by atoms with Crippen LogP contribution >= 0.6 is 0 Å². The van der Waals surface area contributed by atoms with Gasteiger partial charge in [-0.05, 0) is 12.0 Å². The number of imide groups is 1. The monoisotopic (exact) mass is 300 g/mol. The van der Waals surface area contributed by atoms with E-state index < -0.39 is 36.5 Å². The zero-order chi connectivity index (χ0) is 15.5. The van der Waals surface area contributed by atoms with Gasteiger partial charge in [0.05, 0.1) is 12.5 Å². The third kappa shape index (κ3) is 4.56. The Bertz CT molecular complexity index is 517. The van der Waals surface area contributed by atoms with E-state index in [0.717, 1.165) is 0 Å². The minimum absolute atomic E-state index is 0.122. The molecule has 1 aromatic carbocycles. The van der Waals surface area contributed by atoms with Crippen molar-refractivity contribution in [2.45, 2.75) is 37.5 Å². The molecule has 4 nitrogen and oxygen atoms in total. The molecule has 2 N–H and O–H groups in total. The van der Waals surface area contributed by atoms with E-state index in [1.54, 1.807) is 30.3 Å². The summed E-state index contributed by atoms with van der Waals surface area (Å²) in [6.45, 7) is 0. The average molecular weight is 300 g/mol. The van der Waals surface area contributed by atoms with Gasteiger partial charge in [0.15, 0.2) is 0 Å². The van der Waals surface area contributed by atoms with Crippen molar-refractivity contribution >= 4 is 11.8 Å². The summed E-state index contributed by atoms with van der Waals surface area (Å²) in [5, 5.41) is 4.84. The van der Waals surface area contributed by atoms with Crippen LogP contribution in [0, 0.1) is 0 Å². The first kappa shape index (κ1) is 15.5. The molecule has 0 saturated carbocycles. The SMILES string of the molecule is O=C1CCC(NC(CC(F)(F)F)c2ccccc2)C(=O)N1. The number of rotatable bonds is 4. The largest absolute Gasteiger partial charge is 0.390 e. The van der Waals surface area contributed by atoms with Crippen LogP contribution in [0.25, 0.3) is 0 Å². The minimum Gasteiger partial charge on any atom is -0.299 e. The molecule has 0 spiro atoms. The standard InChI is InChI=1S/C14H15F3N2O2/c15-14(16,17)8-11(9-4-2-1-3-5-9)18-10-6-7-12(20)19-13(10)21/h1-5,10-11,18H,6-8H2,(H,19,20,21). The Hall–Kier alpha value is -1.89. The second-order valence-corrected chi connectivity index (χ2v) is 4.95. The second kappa shape index (κ2) is 6.26. The van der Waals surface area contributed by atoms with Crippen LogP contribution in [0.1, 0.15) is 30.9 Å². The molecule has 21 heavy (non-hydrogen) atoms. The second-order valence-electron chi connectivity index (χ2n) is 4.95. The van der Waals surface area contributed by atoms with Crippen molar-refractivity contribution in [1.82, 2.24) is 10.6 Å². The number of amides is 2. The van der Waals surface area contributed by atoms with Gasteiger partial charge in [0.25, 0.3) is 0 Å². The summed E-state index contributed by atoms with van der Waals surface area (Å²) in [5.41, 5.74) is 0.458. The first-order valence-electron chi connectivity index (χ1n) is 6.56. The van der Waals surface area contributed by atoms with Gasteiger partial charge in [0.1, 0.15) is 0 Å². The van der Waals surface area contributed by atoms with Gasteiger partial charge < -0.3 is 0 Å². The maximum atomic E-state index is 12.7. The van der Waals surface area contributed by atoms with Crippen LogP contribution in [0.5, 0.6) is 0 Å². The molecule has 1 heterocycles. The molecular formula is C14H15F3N2O2. The Morgan fingerprint density at radius 2 is 1.90 bits per heavy atom. The Labute approximate surface area is 119 Å². The van der Waals surface area contributed by atoms with Gasteiger partial charge >= 0.3 is 6.18 Å². The number of hydrogen-bond acceptors (Lipinski definition) is 3. The summed E-state index contributed by atoms with van der Waals surface area (Å²) in [6.07, 6.45) is -5.11. The fraction of sp³-hybridized carbons (Fsp3) is 0.429. The van der Waals surface area contributed by atoms with E-state index in [4.69, 9.17) is 0 Å². The van der Waals surface area contributed by atoms with E-state index in [-0.39, 0.29) is 12.8 Å². The normalized spacial score (nSPS) is 21.0. The zero-order valence-electron chi connectivity index (χ0n) is 11.1. The molecule has 1 aromatic rings. The summed E-state index contributed by atoms with van der Waals surface area (Å²) in [5.74, 6) is -0.973.